The van der Waals surface area contributed by atoms with Crippen LogP contribution in [0.4, 0.5) is 31.5 Å². The highest BCUT2D eigenvalue weighted by molar-refractivity contribution is 7.89. The maximum atomic E-state index is 13.4. The number of Topliss-reactive ketones (excluding diaryl/α,β-unsaturated/α-hetero) is 1. The Labute approximate surface area is 780 Å². The van der Waals surface area contributed by atoms with Gasteiger partial charge < -0.3 is 44.9 Å². The number of benzene rings is 15. The van der Waals surface area contributed by atoms with Gasteiger partial charge in [-0.25, -0.2) is 39.9 Å². The summed E-state index contributed by atoms with van der Waals surface area (Å²) < 4.78 is 101. The number of nitrogens with zero attached hydrogens (tertiary/aromatic N) is 3. The molecule has 676 valence electrons. The number of carbonyl (C=O) groups excluding carboxylic acids is 4. The summed E-state index contributed by atoms with van der Waals surface area (Å²) in [5.41, 5.74) is 18.1. The fraction of sp³-hybridized carbons (Fsp3) is 0.153. The number of ketones is 1. The molecule has 0 spiro atoms. The highest BCUT2D eigenvalue weighted by Gasteiger charge is 2.34. The topological polar surface area (TPSA) is 234 Å². The molecule has 0 aromatic heterocycles. The van der Waals surface area contributed by atoms with Crippen molar-refractivity contribution in [3.05, 3.63) is 444 Å². The quantitative estimate of drug-likeness (QED) is 0.0215. The number of nitrogens with one attached hydrogen (secondary N) is 5. The monoisotopic (exact) mass is 1820 g/mol. The lowest BCUT2D eigenvalue weighted by Gasteiger charge is -2.37. The fourth-order valence-corrected chi connectivity index (χ4v) is 19.6. The zero-order valence-corrected chi connectivity index (χ0v) is 75.3. The molecule has 0 bridgehead atoms. The van der Waals surface area contributed by atoms with E-state index >= 15 is 0 Å². The third-order valence-corrected chi connectivity index (χ3v) is 26.4. The van der Waals surface area contributed by atoms with Gasteiger partial charge in [0.05, 0.1) is 34.2 Å². The van der Waals surface area contributed by atoms with Crippen LogP contribution < -0.4 is 49.6 Å². The van der Waals surface area contributed by atoms with Gasteiger partial charge in [-0.05, 0) is 232 Å². The summed E-state index contributed by atoms with van der Waals surface area (Å²) in [6, 6.07) is 120. The van der Waals surface area contributed by atoms with Gasteiger partial charge in [-0.1, -0.05) is 261 Å². The Kier molecular flexibility index (Phi) is 30.1. The fourth-order valence-electron chi connectivity index (χ4n) is 17.1. The van der Waals surface area contributed by atoms with Gasteiger partial charge in [0.2, 0.25) is 25.8 Å². The van der Waals surface area contributed by atoms with E-state index in [0.29, 0.717) is 77.1 Å². The number of hydrogen-bond donors (Lipinski definition) is 5. The Morgan fingerprint density at radius 2 is 0.709 bits per heavy atom. The predicted molar refractivity (Wildman–Crippen MR) is 523 cm³/mol. The first-order valence-corrected chi connectivity index (χ1v) is 47.4. The number of rotatable bonds is 24. The predicted octanol–water partition coefficient (Wildman–Crippen LogP) is 20.4. The molecule has 19 rings (SSSR count). The summed E-state index contributed by atoms with van der Waals surface area (Å²) in [5, 5.41) is 9.19. The number of amides is 2. The summed E-state index contributed by atoms with van der Waals surface area (Å²) >= 11 is 0. The van der Waals surface area contributed by atoms with E-state index in [4.69, 9.17) is 14.2 Å². The summed E-state index contributed by atoms with van der Waals surface area (Å²) in [6.45, 7) is 6.08. The number of para-hydroxylation sites is 2. The number of sulfonamides is 2. The van der Waals surface area contributed by atoms with Crippen LogP contribution in [0.25, 0.3) is 33.4 Å². The third-order valence-electron chi connectivity index (χ3n) is 23.3. The van der Waals surface area contributed by atoms with Gasteiger partial charge in [0.25, 0.3) is 5.91 Å². The van der Waals surface area contributed by atoms with Gasteiger partial charge in [0.1, 0.15) is 28.9 Å². The van der Waals surface area contributed by atoms with Crippen LogP contribution in [0.1, 0.15) is 56.2 Å². The van der Waals surface area contributed by atoms with Crippen molar-refractivity contribution in [2.75, 3.05) is 52.8 Å². The van der Waals surface area contributed by atoms with Gasteiger partial charge in [-0.15, -0.1) is 0 Å². The molecule has 4 atom stereocenters. The van der Waals surface area contributed by atoms with Crippen LogP contribution in [0.3, 0.4) is 0 Å². The molecule has 0 saturated carbocycles. The van der Waals surface area contributed by atoms with Gasteiger partial charge in [-0.2, -0.15) is 0 Å². The minimum atomic E-state index is -3.63. The van der Waals surface area contributed by atoms with Crippen molar-refractivity contribution < 1.29 is 59.0 Å². The average molecular weight is 1820 g/mol. The maximum absolute atomic E-state index is 13.4. The molecule has 19 nitrogen and oxygen atoms in total. The molecule has 0 fully saturated rings. The molecule has 4 aliphatic heterocycles. The van der Waals surface area contributed by atoms with E-state index in [2.05, 4.69) is 125 Å². The smallest absolute Gasteiger partial charge is 0.396 e. The van der Waals surface area contributed by atoms with E-state index in [0.717, 1.165) is 113 Å². The van der Waals surface area contributed by atoms with Crippen molar-refractivity contribution in [2.45, 2.75) is 86.2 Å². The van der Waals surface area contributed by atoms with E-state index in [1.54, 1.807) is 110 Å². The zero-order chi connectivity index (χ0) is 92.8. The molecule has 4 unspecified atom stereocenters. The first kappa shape index (κ1) is 92.1. The van der Waals surface area contributed by atoms with E-state index in [1.807, 2.05) is 176 Å². The Bertz CT molecular complexity index is 6760. The second kappa shape index (κ2) is 43.7. The molecule has 0 saturated heterocycles. The van der Waals surface area contributed by atoms with Crippen LogP contribution in [0.5, 0.6) is 23.0 Å². The van der Waals surface area contributed by atoms with Crippen molar-refractivity contribution in [3.8, 4) is 56.4 Å². The number of hydrogen-bond acceptors (Lipinski definition) is 15. The van der Waals surface area contributed by atoms with Crippen molar-refractivity contribution >= 4 is 66.4 Å². The molecule has 15 aromatic rings. The second-order valence-corrected chi connectivity index (χ2v) is 36.4. The normalized spacial score (nSPS) is 15.2. The Morgan fingerprint density at radius 3 is 1.17 bits per heavy atom. The third kappa shape index (κ3) is 24.3. The summed E-state index contributed by atoms with van der Waals surface area (Å²) in [6.07, 6.45) is 2.32. The van der Waals surface area contributed by atoms with Crippen LogP contribution >= 0.6 is 0 Å². The summed E-state index contributed by atoms with van der Waals surface area (Å²) in [7, 11) is -7.23. The Balaban J connectivity index is 0.000000130. The largest absolute Gasteiger partial charge is 0.459 e. The van der Waals surface area contributed by atoms with E-state index in [-0.39, 0.29) is 52.2 Å². The number of anilines is 4. The van der Waals surface area contributed by atoms with E-state index in [1.165, 1.54) is 29.8 Å². The standard InChI is InChI=1S/C30H25FN2O2.C28H26N2O3S.C27H24N2O3S.C26H25FN2O3/c31-26-14-11-22(12-15-26)24-13-16-28-25(17-24)18-27(20-33(28)19-21-7-3-1-4-8-21)32-30(35)29(34)23-9-5-2-6-10-23;31-34(32,27-14-8-3-9-15-27)29-24-18-23-19-26(33-25-12-6-2-7-13-25)16-17-28(23)30(21-24)20-22-10-4-1-5-11-22;30-33(31,25-14-8-3-9-15-25)29-23-17-22-16-21(20-10-4-1-5-11-20)18-26(27(22)28-19-23)32-24-12-6-2-7-13-24;1-2-32-26(31)25(30)28-23-15-21-14-20(19-8-11-22(27)12-9-19)10-13-24(21)29(17-23)16-18-6-4-3-5-7-18/h1-17,27H,18-20H2,(H,32,35);1-17,19,24,29H,18,20-21H2;1-16,18,23,28-29H,17,19H2;3-14,23H,2,15-17H2,1H3,(H,28,30). The molecular weight excluding hydrogens is 1720 g/mol. The Hall–Kier alpha value is -15.1. The lowest BCUT2D eigenvalue weighted by molar-refractivity contribution is -0.154. The molecule has 4 heterocycles. The zero-order valence-electron chi connectivity index (χ0n) is 73.6. The lowest BCUT2D eigenvalue weighted by atomic mass is 9.93. The SMILES string of the molecule is CCOC(=O)C(=O)NC1Cc2cc(-c3ccc(F)cc3)ccc2N(Cc2ccccc2)C1.O=C(NC1Cc2cc(-c3ccc(F)cc3)ccc2N(Cc2ccccc2)C1)C(=O)c1ccccc1.O=S(=O)(NC1CNc2c(cc(-c3ccccc3)cc2Oc2ccccc2)C1)c1ccccc1.O=S(=O)(NC1Cc2cc(Oc3ccccc3)ccc2N(Cc2ccccc2)C1)c1ccccc1. The highest BCUT2D eigenvalue weighted by atomic mass is 32.2. The van der Waals surface area contributed by atoms with Crippen molar-refractivity contribution in [3.63, 3.8) is 0 Å². The van der Waals surface area contributed by atoms with Crippen molar-refractivity contribution in [1.82, 2.24) is 20.1 Å². The second-order valence-electron chi connectivity index (χ2n) is 33.0. The lowest BCUT2D eigenvalue weighted by Crippen LogP contribution is -2.50. The molecule has 2 amide bonds. The number of ether oxygens (including phenoxy) is 3. The number of fused-ring (bicyclic) bond motifs is 4. The van der Waals surface area contributed by atoms with Crippen LogP contribution in [-0.2, 0) is 84.5 Å². The van der Waals surface area contributed by atoms with Crippen LogP contribution in [0, 0.1) is 11.6 Å². The minimum absolute atomic E-state index is 0.154. The van der Waals surface area contributed by atoms with Gasteiger partial charge >= 0.3 is 11.9 Å². The molecular formula is C111H100F2N8O11S2. The summed E-state index contributed by atoms with van der Waals surface area (Å²) in [5.74, 6) is -0.306. The summed E-state index contributed by atoms with van der Waals surface area (Å²) in [4.78, 5) is 56.7. The Morgan fingerprint density at radius 1 is 0.351 bits per heavy atom. The molecule has 134 heavy (non-hydrogen) atoms. The van der Waals surface area contributed by atoms with Gasteiger partial charge in [0, 0.05) is 80.5 Å². The van der Waals surface area contributed by atoms with Gasteiger partial charge in [0.15, 0.2) is 5.75 Å². The number of carbonyl (C=O) groups is 4. The average Bonchev–Trinajstić information content (AvgIpc) is 0.788. The molecule has 5 N–H and O–H groups in total. The maximum Gasteiger partial charge on any atom is 0.396 e. The molecule has 15 aromatic carbocycles. The van der Waals surface area contributed by atoms with Gasteiger partial charge in [-0.3, -0.25) is 14.4 Å². The first-order valence-electron chi connectivity index (χ1n) is 44.5. The minimum Gasteiger partial charge on any atom is -0.459 e. The van der Waals surface area contributed by atoms with Crippen molar-refractivity contribution in [2.24, 2.45) is 0 Å². The van der Waals surface area contributed by atoms with E-state index in [9.17, 15) is 44.8 Å². The highest BCUT2D eigenvalue weighted by Crippen LogP contribution is 2.42. The van der Waals surface area contributed by atoms with Crippen LogP contribution in [0.2, 0.25) is 0 Å². The molecule has 4 aliphatic rings. The number of halogens is 2. The number of esters is 1. The van der Waals surface area contributed by atoms with Crippen LogP contribution in [0.15, 0.2) is 398 Å². The first-order chi connectivity index (χ1) is 65.2. The molecule has 0 aliphatic carbocycles. The van der Waals surface area contributed by atoms with Crippen molar-refractivity contribution in [1.29, 1.82) is 0 Å². The molecule has 23 heteroatoms. The molecule has 0 radical (unpaired) electrons. The van der Waals surface area contributed by atoms with Crippen LogP contribution in [-0.4, -0.2) is 97.4 Å². The van der Waals surface area contributed by atoms with E-state index < -0.39 is 43.6 Å².